The Hall–Kier alpha value is -0.410. The van der Waals surface area contributed by atoms with Crippen LogP contribution in [0.4, 0.5) is 0 Å². The molecule has 1 aromatic rings. The van der Waals surface area contributed by atoms with Crippen LogP contribution in [0.1, 0.15) is 37.4 Å². The van der Waals surface area contributed by atoms with E-state index in [1.165, 1.54) is 30.8 Å². The van der Waals surface area contributed by atoms with E-state index in [-0.39, 0.29) is 6.04 Å². The van der Waals surface area contributed by atoms with Crippen LogP contribution in [0.15, 0.2) is 11.4 Å². The van der Waals surface area contributed by atoms with Crippen LogP contribution in [0, 0.1) is 5.92 Å². The van der Waals surface area contributed by atoms with Gasteiger partial charge in [0.15, 0.2) is 0 Å². The summed E-state index contributed by atoms with van der Waals surface area (Å²) in [5.41, 5.74) is 7.07. The summed E-state index contributed by atoms with van der Waals surface area (Å²) >= 11 is 1.49. The first-order valence-corrected chi connectivity index (χ1v) is 5.36. The van der Waals surface area contributed by atoms with Crippen molar-refractivity contribution in [2.24, 2.45) is 11.7 Å². The number of nitrogens with zero attached hydrogens (tertiary/aromatic N) is 1. The lowest BCUT2D eigenvalue weighted by molar-refractivity contribution is 0.276. The summed E-state index contributed by atoms with van der Waals surface area (Å²) in [6.45, 7) is 0. The quantitative estimate of drug-likeness (QED) is 0.779. The second kappa shape index (κ2) is 3.54. The molecule has 0 aromatic carbocycles. The molecule has 1 atom stereocenters. The highest BCUT2D eigenvalue weighted by Crippen LogP contribution is 2.33. The Balaban J connectivity index is 1.87. The normalized spacial score (nSPS) is 20.4. The molecule has 1 heterocycles. The van der Waals surface area contributed by atoms with Gasteiger partial charge in [0.25, 0.3) is 0 Å². The molecule has 0 saturated heterocycles. The van der Waals surface area contributed by atoms with Crippen LogP contribution in [-0.2, 0) is 0 Å². The molecule has 66 valence electrons. The minimum absolute atomic E-state index is 0.182. The maximum atomic E-state index is 5.99. The minimum Gasteiger partial charge on any atom is -0.323 e. The fourth-order valence-corrected chi connectivity index (χ4v) is 2.20. The lowest BCUT2D eigenvalue weighted by Crippen LogP contribution is -2.20. The summed E-state index contributed by atoms with van der Waals surface area (Å²) in [5.74, 6) is 0.877. The van der Waals surface area contributed by atoms with Crippen molar-refractivity contribution >= 4 is 11.5 Å². The SMILES string of the molecule is NC(CC1CCC1)c1ccsn1. The van der Waals surface area contributed by atoms with E-state index in [9.17, 15) is 0 Å². The van der Waals surface area contributed by atoms with Crippen LogP contribution in [0.5, 0.6) is 0 Å². The first-order chi connectivity index (χ1) is 5.86. The lowest BCUT2D eigenvalue weighted by Gasteiger charge is -2.27. The van der Waals surface area contributed by atoms with Crippen molar-refractivity contribution in [3.8, 4) is 0 Å². The molecule has 12 heavy (non-hydrogen) atoms. The maximum Gasteiger partial charge on any atom is 0.0709 e. The van der Waals surface area contributed by atoms with Crippen LogP contribution in [0.2, 0.25) is 0 Å². The van der Waals surface area contributed by atoms with Gasteiger partial charge in [-0.1, -0.05) is 19.3 Å². The van der Waals surface area contributed by atoms with Crippen molar-refractivity contribution in [2.45, 2.75) is 31.7 Å². The highest BCUT2D eigenvalue weighted by molar-refractivity contribution is 7.03. The fourth-order valence-electron chi connectivity index (χ4n) is 1.62. The first kappa shape index (κ1) is 8.20. The van der Waals surface area contributed by atoms with Gasteiger partial charge in [0.2, 0.25) is 0 Å². The number of aromatic nitrogens is 1. The van der Waals surface area contributed by atoms with Crippen molar-refractivity contribution in [2.75, 3.05) is 0 Å². The van der Waals surface area contributed by atoms with Crippen molar-refractivity contribution in [1.29, 1.82) is 0 Å². The van der Waals surface area contributed by atoms with Crippen molar-refractivity contribution in [3.05, 3.63) is 17.1 Å². The molecule has 0 aliphatic heterocycles. The average molecular weight is 182 g/mol. The zero-order valence-electron chi connectivity index (χ0n) is 7.07. The van der Waals surface area contributed by atoms with Crippen molar-refractivity contribution in [3.63, 3.8) is 0 Å². The molecule has 1 aliphatic carbocycles. The molecule has 0 radical (unpaired) electrons. The second-order valence-corrected chi connectivity index (χ2v) is 4.23. The molecule has 1 aliphatic rings. The topological polar surface area (TPSA) is 38.9 Å². The molecule has 1 aromatic heterocycles. The summed E-state index contributed by atoms with van der Waals surface area (Å²) in [5, 5.41) is 2.00. The van der Waals surface area contributed by atoms with Gasteiger partial charge in [0, 0.05) is 11.4 Å². The van der Waals surface area contributed by atoms with E-state index in [0.29, 0.717) is 0 Å². The van der Waals surface area contributed by atoms with Gasteiger partial charge in [0.05, 0.1) is 5.69 Å². The number of rotatable bonds is 3. The van der Waals surface area contributed by atoms with Crippen LogP contribution >= 0.6 is 11.5 Å². The highest BCUT2D eigenvalue weighted by Gasteiger charge is 2.21. The molecule has 0 bridgehead atoms. The van der Waals surface area contributed by atoms with Gasteiger partial charge in [0.1, 0.15) is 0 Å². The van der Waals surface area contributed by atoms with Crippen molar-refractivity contribution < 1.29 is 0 Å². The minimum atomic E-state index is 0.182. The Morgan fingerprint density at radius 1 is 1.67 bits per heavy atom. The Labute approximate surface area is 77.0 Å². The Morgan fingerprint density at radius 3 is 3.00 bits per heavy atom. The monoisotopic (exact) mass is 182 g/mol. The first-order valence-electron chi connectivity index (χ1n) is 4.52. The van der Waals surface area contributed by atoms with E-state index in [4.69, 9.17) is 5.73 Å². The third-order valence-electron chi connectivity index (χ3n) is 2.65. The zero-order valence-corrected chi connectivity index (χ0v) is 7.89. The van der Waals surface area contributed by atoms with Gasteiger partial charge in [-0.15, -0.1) is 0 Å². The van der Waals surface area contributed by atoms with E-state index in [2.05, 4.69) is 4.37 Å². The summed E-state index contributed by atoms with van der Waals surface area (Å²) < 4.78 is 4.24. The van der Waals surface area contributed by atoms with Crippen LogP contribution in [0.25, 0.3) is 0 Å². The second-order valence-electron chi connectivity index (χ2n) is 3.56. The highest BCUT2D eigenvalue weighted by atomic mass is 32.1. The summed E-state index contributed by atoms with van der Waals surface area (Å²) in [6, 6.07) is 2.22. The number of hydrogen-bond acceptors (Lipinski definition) is 3. The molecule has 2 rings (SSSR count). The maximum absolute atomic E-state index is 5.99. The van der Waals surface area contributed by atoms with E-state index in [1.54, 1.807) is 0 Å². The van der Waals surface area contributed by atoms with E-state index in [1.807, 2.05) is 11.4 Å². The fraction of sp³-hybridized carbons (Fsp3) is 0.667. The standard InChI is InChI=1S/C9H14N2S/c10-8(6-7-2-1-3-7)9-4-5-12-11-9/h4-5,7-8H,1-3,6,10H2. The number of nitrogens with two attached hydrogens (primary N) is 1. The van der Waals surface area contributed by atoms with E-state index in [0.717, 1.165) is 18.0 Å². The van der Waals surface area contributed by atoms with Crippen LogP contribution < -0.4 is 5.73 Å². The predicted octanol–water partition coefficient (Wildman–Crippen LogP) is 2.33. The summed E-state index contributed by atoms with van der Waals surface area (Å²) in [4.78, 5) is 0. The molecule has 2 nitrogen and oxygen atoms in total. The average Bonchev–Trinajstić information content (AvgIpc) is 2.47. The third kappa shape index (κ3) is 1.67. The molecule has 1 fully saturated rings. The van der Waals surface area contributed by atoms with Gasteiger partial charge in [-0.05, 0) is 29.9 Å². The lowest BCUT2D eigenvalue weighted by atomic mass is 9.80. The molecular weight excluding hydrogens is 168 g/mol. The molecular formula is C9H14N2S. The Morgan fingerprint density at radius 2 is 2.50 bits per heavy atom. The molecule has 1 unspecified atom stereocenters. The van der Waals surface area contributed by atoms with E-state index >= 15 is 0 Å². The molecule has 1 saturated carbocycles. The predicted molar refractivity (Wildman–Crippen MR) is 51.0 cm³/mol. The summed E-state index contributed by atoms with van der Waals surface area (Å²) in [7, 11) is 0. The van der Waals surface area contributed by atoms with Gasteiger partial charge < -0.3 is 5.73 Å². The summed E-state index contributed by atoms with van der Waals surface area (Å²) in [6.07, 6.45) is 5.27. The molecule has 0 amide bonds. The smallest absolute Gasteiger partial charge is 0.0709 e. The molecule has 0 spiro atoms. The third-order valence-corrected chi connectivity index (χ3v) is 3.22. The van der Waals surface area contributed by atoms with Gasteiger partial charge >= 0.3 is 0 Å². The molecule has 3 heteroatoms. The van der Waals surface area contributed by atoms with Gasteiger partial charge in [-0.3, -0.25) is 0 Å². The zero-order chi connectivity index (χ0) is 8.39. The Kier molecular flexibility index (Phi) is 2.42. The molecule has 2 N–H and O–H groups in total. The van der Waals surface area contributed by atoms with Gasteiger partial charge in [-0.2, -0.15) is 4.37 Å². The van der Waals surface area contributed by atoms with Gasteiger partial charge in [-0.25, -0.2) is 0 Å². The van der Waals surface area contributed by atoms with Crippen molar-refractivity contribution in [1.82, 2.24) is 4.37 Å². The van der Waals surface area contributed by atoms with Crippen LogP contribution in [0.3, 0.4) is 0 Å². The van der Waals surface area contributed by atoms with Crippen LogP contribution in [-0.4, -0.2) is 4.37 Å². The van der Waals surface area contributed by atoms with E-state index < -0.39 is 0 Å². The largest absolute Gasteiger partial charge is 0.323 e. The number of hydrogen-bond donors (Lipinski definition) is 1. The Bertz CT molecular complexity index is 229.